The Labute approximate surface area is 141 Å². The Morgan fingerprint density at radius 2 is 1.54 bits per heavy atom. The zero-order valence-corrected chi connectivity index (χ0v) is 13.2. The lowest BCUT2D eigenvalue weighted by Gasteiger charge is -2.19. The third-order valence-electron chi connectivity index (χ3n) is 4.76. The predicted molar refractivity (Wildman–Crippen MR) is 90.9 cm³/mol. The van der Waals surface area contributed by atoms with Crippen LogP contribution in [0.5, 0.6) is 0 Å². The first-order chi connectivity index (χ1) is 11.7. The van der Waals surface area contributed by atoms with Crippen LogP contribution in [-0.4, -0.2) is 11.8 Å². The summed E-state index contributed by atoms with van der Waals surface area (Å²) in [7, 11) is 0. The third kappa shape index (κ3) is 2.78. The average Bonchev–Trinajstić information content (AvgIpc) is 3.40. The molecule has 2 fully saturated rings. The minimum atomic E-state index is -0.713. The number of cyclic esters (lactones) is 1. The maximum absolute atomic E-state index is 12.9. The molecule has 0 bridgehead atoms. The standard InChI is InChI=1S/C21H18O3/c22-20-17(13-14-7-3-1-4-8-14)24-21(23)19(20)18(16-11-12-16)15-9-5-2-6-10-15/h1-10,13,16,18-19H,11-12H2. The van der Waals surface area contributed by atoms with Gasteiger partial charge >= 0.3 is 5.97 Å². The summed E-state index contributed by atoms with van der Waals surface area (Å²) < 4.78 is 5.34. The van der Waals surface area contributed by atoms with Crippen molar-refractivity contribution >= 4 is 17.8 Å². The third-order valence-corrected chi connectivity index (χ3v) is 4.76. The van der Waals surface area contributed by atoms with E-state index in [2.05, 4.69) is 0 Å². The molecule has 24 heavy (non-hydrogen) atoms. The summed E-state index contributed by atoms with van der Waals surface area (Å²) in [4.78, 5) is 25.3. The van der Waals surface area contributed by atoms with Gasteiger partial charge in [-0.3, -0.25) is 9.59 Å². The zero-order valence-electron chi connectivity index (χ0n) is 13.2. The van der Waals surface area contributed by atoms with Crippen molar-refractivity contribution < 1.29 is 14.3 Å². The molecule has 120 valence electrons. The van der Waals surface area contributed by atoms with Crippen LogP contribution in [0, 0.1) is 11.8 Å². The molecule has 1 aliphatic carbocycles. The highest BCUT2D eigenvalue weighted by molar-refractivity contribution is 6.16. The van der Waals surface area contributed by atoms with Gasteiger partial charge < -0.3 is 4.74 Å². The summed E-state index contributed by atoms with van der Waals surface area (Å²) in [6.45, 7) is 0. The number of carbonyl (C=O) groups excluding carboxylic acids is 2. The van der Waals surface area contributed by atoms with E-state index in [4.69, 9.17) is 4.74 Å². The van der Waals surface area contributed by atoms with Gasteiger partial charge in [-0.2, -0.15) is 0 Å². The summed E-state index contributed by atoms with van der Waals surface area (Å²) in [5, 5.41) is 0. The molecular formula is C21H18O3. The Hall–Kier alpha value is -2.68. The molecule has 1 heterocycles. The van der Waals surface area contributed by atoms with Crippen LogP contribution in [0.25, 0.3) is 6.08 Å². The molecule has 2 atom stereocenters. The molecule has 0 spiro atoms. The molecule has 3 nitrogen and oxygen atoms in total. The highest BCUT2D eigenvalue weighted by atomic mass is 16.5. The minimum absolute atomic E-state index is 0.0760. The average molecular weight is 318 g/mol. The smallest absolute Gasteiger partial charge is 0.323 e. The fraction of sp³-hybridized carbons (Fsp3) is 0.238. The number of ether oxygens (including phenoxy) is 1. The summed E-state index contributed by atoms with van der Waals surface area (Å²) in [5.74, 6) is -0.835. The zero-order chi connectivity index (χ0) is 16.5. The molecule has 4 rings (SSSR count). The molecule has 2 unspecified atom stereocenters. The van der Waals surface area contributed by atoms with Gasteiger partial charge in [0.1, 0.15) is 5.92 Å². The monoisotopic (exact) mass is 318 g/mol. The van der Waals surface area contributed by atoms with Crippen molar-refractivity contribution in [3.8, 4) is 0 Å². The molecule has 0 N–H and O–H groups in total. The normalized spacial score (nSPS) is 23.3. The van der Waals surface area contributed by atoms with Gasteiger partial charge in [-0.15, -0.1) is 0 Å². The van der Waals surface area contributed by atoms with E-state index in [1.807, 2.05) is 60.7 Å². The van der Waals surface area contributed by atoms with Crippen LogP contribution >= 0.6 is 0 Å². The number of carbonyl (C=O) groups is 2. The summed E-state index contributed by atoms with van der Waals surface area (Å²) in [6.07, 6.45) is 3.79. The molecule has 2 aromatic carbocycles. The largest absolute Gasteiger partial charge is 0.422 e. The van der Waals surface area contributed by atoms with E-state index < -0.39 is 11.9 Å². The first kappa shape index (κ1) is 14.9. The Morgan fingerprint density at radius 1 is 0.917 bits per heavy atom. The van der Waals surface area contributed by atoms with E-state index in [0.717, 1.165) is 24.0 Å². The Balaban J connectivity index is 1.67. The molecule has 3 heteroatoms. The van der Waals surface area contributed by atoms with Crippen LogP contribution in [0.3, 0.4) is 0 Å². The Bertz CT molecular complexity index is 788. The van der Waals surface area contributed by atoms with Crippen LogP contribution in [0.4, 0.5) is 0 Å². The molecule has 1 saturated carbocycles. The summed E-state index contributed by atoms with van der Waals surface area (Å²) in [5.41, 5.74) is 1.91. The van der Waals surface area contributed by atoms with Crippen LogP contribution in [-0.2, 0) is 14.3 Å². The topological polar surface area (TPSA) is 43.4 Å². The number of benzene rings is 2. The van der Waals surface area contributed by atoms with E-state index in [0.29, 0.717) is 5.92 Å². The summed E-state index contributed by atoms with van der Waals surface area (Å²) >= 11 is 0. The molecule has 1 aliphatic heterocycles. The number of hydrogen-bond acceptors (Lipinski definition) is 3. The molecule has 2 aromatic rings. The lowest BCUT2D eigenvalue weighted by molar-refractivity contribution is -0.140. The van der Waals surface area contributed by atoms with Crippen molar-refractivity contribution in [2.24, 2.45) is 11.8 Å². The maximum Gasteiger partial charge on any atom is 0.323 e. The fourth-order valence-corrected chi connectivity index (χ4v) is 3.46. The minimum Gasteiger partial charge on any atom is -0.422 e. The second kappa shape index (κ2) is 6.08. The molecule has 2 aliphatic rings. The van der Waals surface area contributed by atoms with Gasteiger partial charge in [-0.1, -0.05) is 60.7 Å². The van der Waals surface area contributed by atoms with E-state index in [1.165, 1.54) is 0 Å². The van der Waals surface area contributed by atoms with Gasteiger partial charge in [-0.25, -0.2) is 0 Å². The van der Waals surface area contributed by atoms with Gasteiger partial charge in [0.15, 0.2) is 5.76 Å². The maximum atomic E-state index is 12.9. The van der Waals surface area contributed by atoms with E-state index in [-0.39, 0.29) is 17.5 Å². The lowest BCUT2D eigenvalue weighted by atomic mass is 9.80. The quantitative estimate of drug-likeness (QED) is 0.487. The fourth-order valence-electron chi connectivity index (χ4n) is 3.46. The van der Waals surface area contributed by atoms with Crippen molar-refractivity contribution in [3.05, 3.63) is 77.5 Å². The first-order valence-corrected chi connectivity index (χ1v) is 8.31. The molecule has 1 saturated heterocycles. The van der Waals surface area contributed by atoms with Crippen LogP contribution in [0.1, 0.15) is 29.9 Å². The van der Waals surface area contributed by atoms with E-state index >= 15 is 0 Å². The molecular weight excluding hydrogens is 300 g/mol. The van der Waals surface area contributed by atoms with Crippen molar-refractivity contribution in [2.75, 3.05) is 0 Å². The number of rotatable bonds is 4. The Morgan fingerprint density at radius 3 is 2.17 bits per heavy atom. The van der Waals surface area contributed by atoms with Gasteiger partial charge in [0.05, 0.1) is 0 Å². The van der Waals surface area contributed by atoms with Crippen LogP contribution in [0.2, 0.25) is 0 Å². The van der Waals surface area contributed by atoms with E-state index in [1.54, 1.807) is 6.08 Å². The van der Waals surface area contributed by atoms with Gasteiger partial charge in [0.2, 0.25) is 5.78 Å². The van der Waals surface area contributed by atoms with E-state index in [9.17, 15) is 9.59 Å². The van der Waals surface area contributed by atoms with Crippen molar-refractivity contribution in [3.63, 3.8) is 0 Å². The predicted octanol–water partition coefficient (Wildman–Crippen LogP) is 3.96. The molecule has 0 radical (unpaired) electrons. The number of allylic oxidation sites excluding steroid dienone is 1. The molecule has 0 aromatic heterocycles. The van der Waals surface area contributed by atoms with Crippen molar-refractivity contribution in [1.82, 2.24) is 0 Å². The SMILES string of the molecule is O=C1OC(=Cc2ccccc2)C(=O)C1C(c1ccccc1)C1CC1. The first-order valence-electron chi connectivity index (χ1n) is 8.31. The number of ketones is 1. The highest BCUT2D eigenvalue weighted by Crippen LogP contribution is 2.49. The number of Topliss-reactive ketones (excluding diaryl/α,β-unsaturated/α-hetero) is 1. The lowest BCUT2D eigenvalue weighted by Crippen LogP contribution is -2.25. The van der Waals surface area contributed by atoms with Gasteiger partial charge in [0, 0.05) is 5.92 Å². The van der Waals surface area contributed by atoms with Crippen molar-refractivity contribution in [2.45, 2.75) is 18.8 Å². The summed E-state index contributed by atoms with van der Waals surface area (Å²) in [6, 6.07) is 19.3. The van der Waals surface area contributed by atoms with Gasteiger partial charge in [-0.05, 0) is 36.0 Å². The number of hydrogen-bond donors (Lipinski definition) is 0. The second-order valence-corrected chi connectivity index (χ2v) is 6.46. The van der Waals surface area contributed by atoms with Gasteiger partial charge in [0.25, 0.3) is 0 Å². The second-order valence-electron chi connectivity index (χ2n) is 6.46. The molecule has 0 amide bonds. The van der Waals surface area contributed by atoms with Crippen molar-refractivity contribution in [1.29, 1.82) is 0 Å². The van der Waals surface area contributed by atoms with Crippen LogP contribution < -0.4 is 0 Å². The number of esters is 1. The highest BCUT2D eigenvalue weighted by Gasteiger charge is 2.50. The Kier molecular flexibility index (Phi) is 3.77. The van der Waals surface area contributed by atoms with Crippen LogP contribution in [0.15, 0.2) is 66.4 Å².